The van der Waals surface area contributed by atoms with Gasteiger partial charge in [0.25, 0.3) is 0 Å². The average molecular weight is 292 g/mol. The van der Waals surface area contributed by atoms with Gasteiger partial charge < -0.3 is 5.32 Å². The van der Waals surface area contributed by atoms with E-state index in [4.69, 9.17) is 0 Å². The Morgan fingerprint density at radius 1 is 1.19 bits per heavy atom. The molecule has 1 atom stereocenters. The average Bonchev–Trinajstić information content (AvgIpc) is 2.43. The molecule has 21 heavy (non-hydrogen) atoms. The first-order valence-corrected chi connectivity index (χ1v) is 6.41. The predicted octanol–water partition coefficient (Wildman–Crippen LogP) is 3.92. The lowest BCUT2D eigenvalue weighted by Gasteiger charge is -2.15. The van der Waals surface area contributed by atoms with Crippen molar-refractivity contribution in [1.82, 2.24) is 0 Å². The van der Waals surface area contributed by atoms with Crippen molar-refractivity contribution in [3.05, 3.63) is 69.8 Å². The Hall–Kier alpha value is -2.50. The van der Waals surface area contributed by atoms with Crippen LogP contribution >= 0.6 is 0 Å². The van der Waals surface area contributed by atoms with E-state index in [0.29, 0.717) is 17.7 Å². The van der Waals surface area contributed by atoms with E-state index >= 15 is 0 Å². The van der Waals surface area contributed by atoms with Gasteiger partial charge in [0.2, 0.25) is 5.82 Å². The van der Waals surface area contributed by atoms with Crippen LogP contribution in [0.5, 0.6) is 0 Å². The molecule has 2 aromatic rings. The quantitative estimate of drug-likeness (QED) is 0.671. The second-order valence-corrected chi connectivity index (χ2v) is 4.76. The number of nitro groups is 1. The molecule has 0 aromatic heterocycles. The summed E-state index contributed by atoms with van der Waals surface area (Å²) < 4.78 is 26.8. The molecule has 0 aliphatic rings. The Kier molecular flexibility index (Phi) is 4.47. The van der Waals surface area contributed by atoms with Gasteiger partial charge in [0.05, 0.1) is 4.92 Å². The number of nitrogens with zero attached hydrogens (tertiary/aromatic N) is 1. The van der Waals surface area contributed by atoms with Crippen LogP contribution in [0.15, 0.2) is 42.5 Å². The molecule has 1 unspecified atom stereocenters. The maximum atomic E-state index is 13.5. The maximum Gasteiger partial charge on any atom is 0.306 e. The molecular weight excluding hydrogens is 278 g/mol. The minimum Gasteiger partial charge on any atom is -0.382 e. The van der Waals surface area contributed by atoms with E-state index in [0.717, 1.165) is 12.1 Å². The van der Waals surface area contributed by atoms with Gasteiger partial charge in [0, 0.05) is 17.8 Å². The second-order valence-electron chi connectivity index (χ2n) is 4.76. The van der Waals surface area contributed by atoms with Crippen LogP contribution in [0, 0.1) is 21.7 Å². The van der Waals surface area contributed by atoms with E-state index in [-0.39, 0.29) is 11.9 Å². The molecule has 0 saturated carbocycles. The van der Waals surface area contributed by atoms with E-state index in [1.54, 1.807) is 18.2 Å². The van der Waals surface area contributed by atoms with Crippen LogP contribution < -0.4 is 5.32 Å². The van der Waals surface area contributed by atoms with E-state index in [1.807, 2.05) is 6.92 Å². The minimum atomic E-state index is -0.882. The zero-order chi connectivity index (χ0) is 15.4. The molecule has 6 heteroatoms. The Morgan fingerprint density at radius 2 is 1.90 bits per heavy atom. The van der Waals surface area contributed by atoms with E-state index < -0.39 is 16.4 Å². The smallest absolute Gasteiger partial charge is 0.306 e. The van der Waals surface area contributed by atoms with Crippen LogP contribution in [-0.2, 0) is 6.42 Å². The number of hydrogen-bond acceptors (Lipinski definition) is 3. The number of hydrogen-bond donors (Lipinski definition) is 1. The van der Waals surface area contributed by atoms with Gasteiger partial charge in [-0.25, -0.2) is 4.39 Å². The molecule has 1 N–H and O–H groups in total. The standard InChI is InChI=1S/C15H14F2N2O2/c1-10(8-11-4-2-3-5-13(11)16)18-12-6-7-14(17)15(9-12)19(20)21/h2-7,9-10,18H,8H2,1H3. The number of benzene rings is 2. The Morgan fingerprint density at radius 3 is 2.57 bits per heavy atom. The first kappa shape index (κ1) is 14.9. The molecule has 0 saturated heterocycles. The van der Waals surface area contributed by atoms with Crippen molar-refractivity contribution in [2.75, 3.05) is 5.32 Å². The summed E-state index contributed by atoms with van der Waals surface area (Å²) in [6, 6.07) is 9.84. The third-order valence-electron chi connectivity index (χ3n) is 3.04. The van der Waals surface area contributed by atoms with Gasteiger partial charge in [-0.1, -0.05) is 18.2 Å². The van der Waals surface area contributed by atoms with Crippen LogP contribution in [0.1, 0.15) is 12.5 Å². The summed E-state index contributed by atoms with van der Waals surface area (Å²) in [6.07, 6.45) is 0.415. The molecule has 0 amide bonds. The highest BCUT2D eigenvalue weighted by Crippen LogP contribution is 2.22. The van der Waals surface area contributed by atoms with Crippen molar-refractivity contribution < 1.29 is 13.7 Å². The first-order valence-electron chi connectivity index (χ1n) is 6.41. The highest BCUT2D eigenvalue weighted by Gasteiger charge is 2.15. The van der Waals surface area contributed by atoms with Crippen LogP contribution in [0.2, 0.25) is 0 Å². The van der Waals surface area contributed by atoms with Gasteiger partial charge in [0.1, 0.15) is 5.82 Å². The number of halogens is 2. The van der Waals surface area contributed by atoms with E-state index in [1.165, 1.54) is 12.1 Å². The monoisotopic (exact) mass is 292 g/mol. The van der Waals surface area contributed by atoms with Crippen molar-refractivity contribution in [2.45, 2.75) is 19.4 Å². The number of nitrogens with one attached hydrogen (secondary N) is 1. The van der Waals surface area contributed by atoms with Gasteiger partial charge in [-0.2, -0.15) is 4.39 Å². The normalized spacial score (nSPS) is 12.0. The SMILES string of the molecule is CC(Cc1ccccc1F)Nc1ccc(F)c([N+](=O)[O-])c1. The van der Waals surface area contributed by atoms with E-state index in [2.05, 4.69) is 5.32 Å². The summed E-state index contributed by atoms with van der Waals surface area (Å²) in [5.74, 6) is -1.18. The molecule has 0 bridgehead atoms. The van der Waals surface area contributed by atoms with Crippen molar-refractivity contribution in [3.63, 3.8) is 0 Å². The van der Waals surface area contributed by atoms with Crippen LogP contribution in [0.4, 0.5) is 20.2 Å². The van der Waals surface area contributed by atoms with E-state index in [9.17, 15) is 18.9 Å². The summed E-state index contributed by atoms with van der Waals surface area (Å²) in [5, 5.41) is 13.7. The number of anilines is 1. The van der Waals surface area contributed by atoms with Crippen molar-refractivity contribution in [1.29, 1.82) is 0 Å². The van der Waals surface area contributed by atoms with Gasteiger partial charge in [0.15, 0.2) is 0 Å². The lowest BCUT2D eigenvalue weighted by molar-refractivity contribution is -0.387. The second kappa shape index (κ2) is 6.30. The molecule has 0 aliphatic carbocycles. The van der Waals surface area contributed by atoms with Crippen molar-refractivity contribution >= 4 is 11.4 Å². The Bertz CT molecular complexity index is 662. The maximum absolute atomic E-state index is 13.5. The summed E-state index contributed by atoms with van der Waals surface area (Å²) in [6.45, 7) is 1.82. The molecule has 0 radical (unpaired) electrons. The Labute approximate surface area is 120 Å². The molecule has 4 nitrogen and oxygen atoms in total. The third-order valence-corrected chi connectivity index (χ3v) is 3.04. The van der Waals surface area contributed by atoms with Gasteiger partial charge in [-0.15, -0.1) is 0 Å². The van der Waals surface area contributed by atoms with Crippen LogP contribution in [0.3, 0.4) is 0 Å². The Balaban J connectivity index is 2.09. The summed E-state index contributed by atoms with van der Waals surface area (Å²) >= 11 is 0. The molecular formula is C15H14F2N2O2. The predicted molar refractivity (Wildman–Crippen MR) is 76.2 cm³/mol. The molecule has 0 fully saturated rings. The lowest BCUT2D eigenvalue weighted by Crippen LogP contribution is -2.18. The first-order chi connectivity index (χ1) is 9.97. The summed E-state index contributed by atoms with van der Waals surface area (Å²) in [7, 11) is 0. The minimum absolute atomic E-state index is 0.160. The summed E-state index contributed by atoms with van der Waals surface area (Å²) in [4.78, 5) is 9.91. The topological polar surface area (TPSA) is 55.2 Å². The van der Waals surface area contributed by atoms with Crippen LogP contribution in [-0.4, -0.2) is 11.0 Å². The van der Waals surface area contributed by atoms with Gasteiger partial charge in [-0.05, 0) is 37.1 Å². The highest BCUT2D eigenvalue weighted by molar-refractivity contribution is 5.52. The largest absolute Gasteiger partial charge is 0.382 e. The van der Waals surface area contributed by atoms with Gasteiger partial charge >= 0.3 is 5.69 Å². The zero-order valence-electron chi connectivity index (χ0n) is 11.3. The molecule has 0 spiro atoms. The molecule has 0 aliphatic heterocycles. The van der Waals surface area contributed by atoms with Crippen LogP contribution in [0.25, 0.3) is 0 Å². The fourth-order valence-electron chi connectivity index (χ4n) is 2.07. The van der Waals surface area contributed by atoms with Gasteiger partial charge in [-0.3, -0.25) is 10.1 Å². The molecule has 0 heterocycles. The molecule has 2 aromatic carbocycles. The highest BCUT2D eigenvalue weighted by atomic mass is 19.1. The number of nitro benzene ring substituents is 1. The van der Waals surface area contributed by atoms with Crippen molar-refractivity contribution in [3.8, 4) is 0 Å². The lowest BCUT2D eigenvalue weighted by atomic mass is 10.1. The third kappa shape index (κ3) is 3.75. The number of rotatable bonds is 5. The fraction of sp³-hybridized carbons (Fsp3) is 0.200. The molecule has 110 valence electrons. The van der Waals surface area contributed by atoms with Crippen molar-refractivity contribution in [2.24, 2.45) is 0 Å². The summed E-state index contributed by atoms with van der Waals surface area (Å²) in [5.41, 5.74) is 0.388. The zero-order valence-corrected chi connectivity index (χ0v) is 11.3. The molecule has 2 rings (SSSR count). The fourth-order valence-corrected chi connectivity index (χ4v) is 2.07.